The second-order valence-corrected chi connectivity index (χ2v) is 8.74. The minimum atomic E-state index is -1.00. The molecule has 0 amide bonds. The normalized spacial score (nSPS) is 22.9. The predicted octanol–water partition coefficient (Wildman–Crippen LogP) is 4.91. The first-order valence-electron chi connectivity index (χ1n) is 12.6. The maximum absolute atomic E-state index is 9.90. The van der Waals surface area contributed by atoms with E-state index >= 15 is 0 Å². The molecule has 30 heavy (non-hydrogen) atoms. The van der Waals surface area contributed by atoms with Gasteiger partial charge in [0.15, 0.2) is 0 Å². The highest BCUT2D eigenvalue weighted by Gasteiger charge is 2.40. The highest BCUT2D eigenvalue weighted by Crippen LogP contribution is 2.21. The molecule has 0 saturated carbocycles. The molecular weight excluding hydrogens is 380 g/mol. The molecule has 0 aliphatic carbocycles. The third-order valence-corrected chi connectivity index (χ3v) is 5.95. The summed E-state index contributed by atoms with van der Waals surface area (Å²) in [6, 6.07) is 0. The van der Waals surface area contributed by atoms with E-state index in [1.165, 1.54) is 83.5 Å². The Kier molecular flexibility index (Phi) is 17.7. The molecule has 4 atom stereocenters. The largest absolute Gasteiger partial charge is 0.394 e. The first kappa shape index (κ1) is 27.6. The van der Waals surface area contributed by atoms with Gasteiger partial charge in [0.05, 0.1) is 13.2 Å². The lowest BCUT2D eigenvalue weighted by Gasteiger charge is -2.23. The van der Waals surface area contributed by atoms with E-state index in [4.69, 9.17) is 14.6 Å². The van der Waals surface area contributed by atoms with Crippen LogP contribution in [0.3, 0.4) is 0 Å². The summed E-state index contributed by atoms with van der Waals surface area (Å²) < 4.78 is 11.1. The Morgan fingerprint density at radius 2 is 1.40 bits per heavy atom. The molecule has 0 aromatic carbocycles. The highest BCUT2D eigenvalue weighted by molar-refractivity contribution is 4.89. The molecule has 1 fully saturated rings. The van der Waals surface area contributed by atoms with Crippen molar-refractivity contribution in [1.82, 2.24) is 0 Å². The topological polar surface area (TPSA) is 79.2 Å². The first-order valence-corrected chi connectivity index (χ1v) is 12.6. The summed E-state index contributed by atoms with van der Waals surface area (Å²) >= 11 is 0. The molecule has 1 rings (SSSR count). The minimum Gasteiger partial charge on any atom is -0.394 e. The fourth-order valence-electron chi connectivity index (χ4n) is 3.99. The van der Waals surface area contributed by atoms with Gasteiger partial charge in [0.2, 0.25) is 0 Å². The van der Waals surface area contributed by atoms with Crippen molar-refractivity contribution >= 4 is 0 Å². The number of rotatable bonds is 20. The summed E-state index contributed by atoms with van der Waals surface area (Å²) in [4.78, 5) is 0. The van der Waals surface area contributed by atoms with Gasteiger partial charge in [0.1, 0.15) is 24.4 Å². The van der Waals surface area contributed by atoms with Crippen molar-refractivity contribution < 1.29 is 24.8 Å². The number of hydrogen-bond donors (Lipinski definition) is 3. The molecule has 0 aromatic rings. The zero-order valence-electron chi connectivity index (χ0n) is 19.4. The SMILES string of the molecule is CCCC/C=C/CCCCCCCCCCCCCO[C@@H]1[C@H]([C@H](O)CO)OC[C@@H]1O. The molecule has 0 unspecified atom stereocenters. The standard InChI is InChI=1S/C25H48O5/c1-2-3-4-5-6-7-8-9-10-11-12-13-14-15-16-17-18-19-29-25-23(28)21-30-24(25)22(27)20-26/h5-6,22-28H,2-4,7-21H2,1H3/b6-5+/t22-,23+,24+,25+/m1/s1. The lowest BCUT2D eigenvalue weighted by molar-refractivity contribution is -0.0938. The van der Waals surface area contributed by atoms with Crippen LogP contribution in [0.2, 0.25) is 0 Å². The van der Waals surface area contributed by atoms with E-state index in [1.54, 1.807) is 0 Å². The van der Waals surface area contributed by atoms with E-state index < -0.39 is 24.4 Å². The number of ether oxygens (including phenoxy) is 2. The van der Waals surface area contributed by atoms with E-state index in [0.29, 0.717) is 6.61 Å². The van der Waals surface area contributed by atoms with Gasteiger partial charge < -0.3 is 24.8 Å². The van der Waals surface area contributed by atoms with Crippen LogP contribution < -0.4 is 0 Å². The molecule has 5 heteroatoms. The van der Waals surface area contributed by atoms with Gasteiger partial charge in [-0.15, -0.1) is 0 Å². The first-order chi connectivity index (χ1) is 14.7. The van der Waals surface area contributed by atoms with Crippen LogP contribution in [0.25, 0.3) is 0 Å². The van der Waals surface area contributed by atoms with E-state index in [9.17, 15) is 10.2 Å². The molecular formula is C25H48O5. The average molecular weight is 429 g/mol. The summed E-state index contributed by atoms with van der Waals surface area (Å²) in [5.74, 6) is 0. The van der Waals surface area contributed by atoms with Crippen molar-refractivity contribution in [3.63, 3.8) is 0 Å². The second-order valence-electron chi connectivity index (χ2n) is 8.74. The third-order valence-electron chi connectivity index (χ3n) is 5.95. The Morgan fingerprint density at radius 3 is 1.97 bits per heavy atom. The second kappa shape index (κ2) is 19.2. The van der Waals surface area contributed by atoms with Crippen molar-refractivity contribution in [3.8, 4) is 0 Å². The van der Waals surface area contributed by atoms with Gasteiger partial charge in [-0.3, -0.25) is 0 Å². The summed E-state index contributed by atoms with van der Waals surface area (Å²) in [7, 11) is 0. The summed E-state index contributed by atoms with van der Waals surface area (Å²) in [5.41, 5.74) is 0. The van der Waals surface area contributed by atoms with Crippen molar-refractivity contribution in [1.29, 1.82) is 0 Å². The van der Waals surface area contributed by atoms with Gasteiger partial charge in [-0.05, 0) is 25.7 Å². The molecule has 0 bridgehead atoms. The fourth-order valence-corrected chi connectivity index (χ4v) is 3.99. The molecule has 1 aliphatic rings. The van der Waals surface area contributed by atoms with Crippen LogP contribution in [0.4, 0.5) is 0 Å². The smallest absolute Gasteiger partial charge is 0.114 e. The monoisotopic (exact) mass is 428 g/mol. The quantitative estimate of drug-likeness (QED) is 0.190. The number of aliphatic hydroxyl groups is 3. The van der Waals surface area contributed by atoms with Crippen molar-refractivity contribution in [2.75, 3.05) is 19.8 Å². The van der Waals surface area contributed by atoms with Gasteiger partial charge in [0.25, 0.3) is 0 Å². The van der Waals surface area contributed by atoms with Gasteiger partial charge in [-0.2, -0.15) is 0 Å². The average Bonchev–Trinajstić information content (AvgIpc) is 3.12. The van der Waals surface area contributed by atoms with E-state index in [0.717, 1.165) is 12.8 Å². The Morgan fingerprint density at radius 1 is 0.867 bits per heavy atom. The Balaban J connectivity index is 1.83. The number of hydrogen-bond acceptors (Lipinski definition) is 5. The summed E-state index contributed by atoms with van der Waals surface area (Å²) in [5, 5.41) is 28.7. The zero-order chi connectivity index (χ0) is 21.9. The predicted molar refractivity (Wildman–Crippen MR) is 123 cm³/mol. The van der Waals surface area contributed by atoms with E-state index in [-0.39, 0.29) is 13.2 Å². The van der Waals surface area contributed by atoms with E-state index in [1.807, 2.05) is 0 Å². The zero-order valence-corrected chi connectivity index (χ0v) is 19.4. The van der Waals surface area contributed by atoms with Crippen LogP contribution in [0.1, 0.15) is 103 Å². The fraction of sp³-hybridized carbons (Fsp3) is 0.920. The van der Waals surface area contributed by atoms with E-state index in [2.05, 4.69) is 19.1 Å². The van der Waals surface area contributed by atoms with Crippen molar-refractivity contribution in [2.24, 2.45) is 0 Å². The number of aliphatic hydroxyl groups excluding tert-OH is 3. The van der Waals surface area contributed by atoms with Gasteiger partial charge in [0, 0.05) is 6.61 Å². The minimum absolute atomic E-state index is 0.155. The molecule has 1 saturated heterocycles. The summed E-state index contributed by atoms with van der Waals surface area (Å²) in [6.45, 7) is 2.58. The Labute approximate surface area is 184 Å². The molecule has 5 nitrogen and oxygen atoms in total. The third kappa shape index (κ3) is 13.1. The molecule has 0 radical (unpaired) electrons. The Hall–Kier alpha value is -0.460. The molecule has 178 valence electrons. The molecule has 3 N–H and O–H groups in total. The molecule has 0 aromatic heterocycles. The van der Waals surface area contributed by atoms with Gasteiger partial charge in [-0.1, -0.05) is 89.7 Å². The molecule has 0 spiro atoms. The van der Waals surface area contributed by atoms with Crippen molar-refractivity contribution in [2.45, 2.75) is 128 Å². The molecule has 1 aliphatic heterocycles. The van der Waals surface area contributed by atoms with Crippen LogP contribution in [0.5, 0.6) is 0 Å². The van der Waals surface area contributed by atoms with Crippen LogP contribution >= 0.6 is 0 Å². The van der Waals surface area contributed by atoms with Gasteiger partial charge in [-0.25, -0.2) is 0 Å². The maximum atomic E-state index is 9.90. The van der Waals surface area contributed by atoms with Crippen molar-refractivity contribution in [3.05, 3.63) is 12.2 Å². The number of allylic oxidation sites excluding steroid dienone is 2. The lowest BCUT2D eigenvalue weighted by atomic mass is 10.0. The van der Waals surface area contributed by atoms with Crippen LogP contribution in [-0.4, -0.2) is 59.6 Å². The lowest BCUT2D eigenvalue weighted by Crippen LogP contribution is -2.42. The van der Waals surface area contributed by atoms with Crippen LogP contribution in [0, 0.1) is 0 Å². The summed E-state index contributed by atoms with van der Waals surface area (Å²) in [6.07, 6.45) is 21.0. The highest BCUT2D eigenvalue weighted by atomic mass is 16.6. The van der Waals surface area contributed by atoms with Gasteiger partial charge >= 0.3 is 0 Å². The van der Waals surface area contributed by atoms with Crippen LogP contribution in [0.15, 0.2) is 12.2 Å². The number of unbranched alkanes of at least 4 members (excludes halogenated alkanes) is 13. The van der Waals surface area contributed by atoms with Crippen LogP contribution in [-0.2, 0) is 9.47 Å². The maximum Gasteiger partial charge on any atom is 0.114 e. The Bertz CT molecular complexity index is 401. The molecule has 1 heterocycles.